The molecule has 21 heavy (non-hydrogen) atoms. The summed E-state index contributed by atoms with van der Waals surface area (Å²) in [6, 6.07) is 8.01. The van der Waals surface area contributed by atoms with Crippen molar-refractivity contribution in [3.63, 3.8) is 0 Å². The van der Waals surface area contributed by atoms with Crippen LogP contribution in [0.25, 0.3) is 27.8 Å². The normalized spacial score (nSPS) is 11.6. The number of rotatable bonds is 1. The summed E-state index contributed by atoms with van der Waals surface area (Å²) < 4.78 is 1.86. The van der Waals surface area contributed by atoms with Crippen molar-refractivity contribution in [3.05, 3.63) is 46.9 Å². The molecule has 0 unspecified atom stereocenters. The number of hydrogen-bond acceptors (Lipinski definition) is 3. The topological polar surface area (TPSA) is 58.9 Å². The number of benzene rings is 1. The molecule has 0 saturated heterocycles. The van der Waals surface area contributed by atoms with Crippen LogP contribution in [0.2, 0.25) is 5.02 Å². The van der Waals surface area contributed by atoms with E-state index in [-0.39, 0.29) is 0 Å². The zero-order valence-electron chi connectivity index (χ0n) is 11.6. The minimum Gasteiger partial charge on any atom is -0.276 e. The van der Waals surface area contributed by atoms with E-state index in [1.54, 1.807) is 6.20 Å². The summed E-state index contributed by atoms with van der Waals surface area (Å²) in [6.45, 7) is 3.94. The Morgan fingerprint density at radius 1 is 1.19 bits per heavy atom. The molecule has 1 N–H and O–H groups in total. The van der Waals surface area contributed by atoms with E-state index in [0.29, 0.717) is 5.02 Å². The maximum Gasteiger partial charge on any atom is 0.156 e. The average Bonchev–Trinajstić information content (AvgIpc) is 3.04. The van der Waals surface area contributed by atoms with E-state index in [1.807, 2.05) is 29.6 Å². The molecule has 6 heteroatoms. The van der Waals surface area contributed by atoms with Crippen LogP contribution in [-0.2, 0) is 0 Å². The van der Waals surface area contributed by atoms with Gasteiger partial charge in [0.05, 0.1) is 22.4 Å². The first-order valence-corrected chi connectivity index (χ1v) is 6.97. The van der Waals surface area contributed by atoms with Gasteiger partial charge >= 0.3 is 0 Å². The fraction of sp³-hybridized carbons (Fsp3) is 0.133. The molecule has 0 amide bonds. The first-order chi connectivity index (χ1) is 10.1. The molecule has 0 aliphatic carbocycles. The molecule has 3 heterocycles. The number of aromatic nitrogens is 5. The quantitative estimate of drug-likeness (QED) is 0.584. The van der Waals surface area contributed by atoms with Crippen molar-refractivity contribution in [1.82, 2.24) is 24.8 Å². The zero-order chi connectivity index (χ0) is 14.6. The molecule has 5 nitrogen and oxygen atoms in total. The predicted octanol–water partition coefficient (Wildman–Crippen LogP) is 3.54. The van der Waals surface area contributed by atoms with Gasteiger partial charge in [0.25, 0.3) is 0 Å². The van der Waals surface area contributed by atoms with Crippen LogP contribution in [0.3, 0.4) is 0 Å². The number of hydrogen-bond donors (Lipinski definition) is 1. The fourth-order valence-corrected chi connectivity index (χ4v) is 2.92. The number of aryl methyl sites for hydroxylation is 2. The van der Waals surface area contributed by atoms with Gasteiger partial charge in [-0.1, -0.05) is 17.7 Å². The Kier molecular flexibility index (Phi) is 2.53. The van der Waals surface area contributed by atoms with Crippen molar-refractivity contribution in [2.45, 2.75) is 13.8 Å². The van der Waals surface area contributed by atoms with Gasteiger partial charge in [-0.3, -0.25) is 5.10 Å². The standard InChI is InChI=1S/C15H12ClN5/c1-8-3-4-13-18-9(2)20-21(13)15(8)10-5-11-7-17-19-14(11)12(16)6-10/h3-7H,1-2H3,(H,17,19). The van der Waals surface area contributed by atoms with E-state index in [9.17, 15) is 0 Å². The van der Waals surface area contributed by atoms with Crippen molar-refractivity contribution in [2.75, 3.05) is 0 Å². The molecular formula is C15H12ClN5. The summed E-state index contributed by atoms with van der Waals surface area (Å²) in [4.78, 5) is 4.42. The van der Waals surface area contributed by atoms with E-state index >= 15 is 0 Å². The molecule has 0 atom stereocenters. The van der Waals surface area contributed by atoms with Crippen LogP contribution < -0.4 is 0 Å². The second kappa shape index (κ2) is 4.30. The van der Waals surface area contributed by atoms with Gasteiger partial charge in [-0.05, 0) is 37.6 Å². The minimum absolute atomic E-state index is 0.647. The molecule has 1 aromatic carbocycles. The van der Waals surface area contributed by atoms with E-state index in [0.717, 1.165) is 39.2 Å². The molecule has 3 aromatic heterocycles. The molecule has 104 valence electrons. The molecule has 0 aliphatic heterocycles. The van der Waals surface area contributed by atoms with Crippen LogP contribution >= 0.6 is 11.6 Å². The van der Waals surface area contributed by atoms with Crippen LogP contribution in [0.4, 0.5) is 0 Å². The Bertz CT molecular complexity index is 982. The maximum atomic E-state index is 6.35. The second-order valence-corrected chi connectivity index (χ2v) is 5.49. The summed E-state index contributed by atoms with van der Waals surface area (Å²) in [5, 5.41) is 13.1. The predicted molar refractivity (Wildman–Crippen MR) is 82.6 cm³/mol. The van der Waals surface area contributed by atoms with Crippen LogP contribution in [0.15, 0.2) is 30.5 Å². The molecular weight excluding hydrogens is 286 g/mol. The van der Waals surface area contributed by atoms with Crippen LogP contribution in [-0.4, -0.2) is 24.8 Å². The Balaban J connectivity index is 2.09. The Labute approximate surface area is 125 Å². The van der Waals surface area contributed by atoms with Crippen molar-refractivity contribution < 1.29 is 0 Å². The summed E-state index contributed by atoms with van der Waals surface area (Å²) >= 11 is 6.35. The number of fused-ring (bicyclic) bond motifs is 2. The zero-order valence-corrected chi connectivity index (χ0v) is 12.3. The number of H-pyrrole nitrogens is 1. The van der Waals surface area contributed by atoms with Gasteiger partial charge in [-0.25, -0.2) is 9.50 Å². The Morgan fingerprint density at radius 3 is 2.90 bits per heavy atom. The molecule has 4 rings (SSSR count). The van der Waals surface area contributed by atoms with E-state index in [4.69, 9.17) is 11.6 Å². The number of aromatic amines is 1. The smallest absolute Gasteiger partial charge is 0.156 e. The number of nitrogens with zero attached hydrogens (tertiary/aromatic N) is 4. The van der Waals surface area contributed by atoms with E-state index in [2.05, 4.69) is 33.3 Å². The summed E-state index contributed by atoms with van der Waals surface area (Å²) in [6.07, 6.45) is 1.77. The highest BCUT2D eigenvalue weighted by atomic mass is 35.5. The Hall–Kier alpha value is -2.40. The first kappa shape index (κ1) is 12.3. The van der Waals surface area contributed by atoms with Gasteiger partial charge in [0.2, 0.25) is 0 Å². The monoisotopic (exact) mass is 297 g/mol. The molecule has 0 bridgehead atoms. The lowest BCUT2D eigenvalue weighted by molar-refractivity contribution is 0.932. The maximum absolute atomic E-state index is 6.35. The third-order valence-corrected chi connectivity index (χ3v) is 3.88. The van der Waals surface area contributed by atoms with Crippen molar-refractivity contribution in [1.29, 1.82) is 0 Å². The molecule has 0 fully saturated rings. The van der Waals surface area contributed by atoms with E-state index in [1.165, 1.54) is 0 Å². The van der Waals surface area contributed by atoms with Gasteiger partial charge in [0.15, 0.2) is 5.65 Å². The summed E-state index contributed by atoms with van der Waals surface area (Å²) in [7, 11) is 0. The Morgan fingerprint density at radius 2 is 2.05 bits per heavy atom. The molecule has 0 radical (unpaired) electrons. The lowest BCUT2D eigenvalue weighted by Gasteiger charge is -2.09. The first-order valence-electron chi connectivity index (χ1n) is 6.59. The molecule has 0 spiro atoms. The summed E-state index contributed by atoms with van der Waals surface area (Å²) in [5.74, 6) is 0.748. The van der Waals surface area contributed by atoms with Crippen LogP contribution in [0.5, 0.6) is 0 Å². The lowest BCUT2D eigenvalue weighted by Crippen LogP contribution is -1.97. The van der Waals surface area contributed by atoms with Gasteiger partial charge in [0, 0.05) is 10.9 Å². The number of halogens is 1. The van der Waals surface area contributed by atoms with Crippen molar-refractivity contribution >= 4 is 28.2 Å². The van der Waals surface area contributed by atoms with Crippen LogP contribution in [0.1, 0.15) is 11.4 Å². The van der Waals surface area contributed by atoms with Crippen molar-refractivity contribution in [2.24, 2.45) is 0 Å². The molecule has 0 saturated carbocycles. The van der Waals surface area contributed by atoms with Crippen LogP contribution in [0, 0.1) is 13.8 Å². The second-order valence-electron chi connectivity index (χ2n) is 5.09. The molecule has 4 aromatic rings. The third-order valence-electron chi connectivity index (χ3n) is 3.58. The van der Waals surface area contributed by atoms with Gasteiger partial charge in [-0.15, -0.1) is 0 Å². The highest BCUT2D eigenvalue weighted by Gasteiger charge is 2.13. The van der Waals surface area contributed by atoms with Gasteiger partial charge in [-0.2, -0.15) is 10.2 Å². The SMILES string of the molecule is Cc1nc2ccc(C)c(-c3cc(Cl)c4[nH]ncc4c3)n2n1. The molecule has 0 aliphatic rings. The highest BCUT2D eigenvalue weighted by molar-refractivity contribution is 6.35. The third kappa shape index (κ3) is 1.81. The number of pyridine rings is 1. The highest BCUT2D eigenvalue weighted by Crippen LogP contribution is 2.31. The van der Waals surface area contributed by atoms with Crippen molar-refractivity contribution in [3.8, 4) is 11.3 Å². The fourth-order valence-electron chi connectivity index (χ4n) is 2.65. The van der Waals surface area contributed by atoms with E-state index < -0.39 is 0 Å². The summed E-state index contributed by atoms with van der Waals surface area (Å²) in [5.41, 5.74) is 4.79. The minimum atomic E-state index is 0.647. The lowest BCUT2D eigenvalue weighted by atomic mass is 10.0. The largest absolute Gasteiger partial charge is 0.276 e. The number of nitrogens with one attached hydrogen (secondary N) is 1. The average molecular weight is 298 g/mol. The van der Waals surface area contributed by atoms with Gasteiger partial charge in [0.1, 0.15) is 5.82 Å². The van der Waals surface area contributed by atoms with Gasteiger partial charge < -0.3 is 0 Å².